The summed E-state index contributed by atoms with van der Waals surface area (Å²) >= 11 is 0. The van der Waals surface area contributed by atoms with Gasteiger partial charge in [-0.3, -0.25) is 0 Å². The van der Waals surface area contributed by atoms with Crippen LogP contribution in [0.5, 0.6) is 0 Å². The zero-order valence-electron chi connectivity index (χ0n) is 12.2. The minimum absolute atomic E-state index is 0.0812. The highest BCUT2D eigenvalue weighted by Crippen LogP contribution is 2.33. The van der Waals surface area contributed by atoms with Gasteiger partial charge in [0.25, 0.3) is 5.82 Å². The third-order valence-electron chi connectivity index (χ3n) is 4.22. The van der Waals surface area contributed by atoms with Crippen molar-refractivity contribution in [2.24, 2.45) is 0 Å². The number of aromatic nitrogens is 4. The third kappa shape index (κ3) is 2.39. The zero-order valence-corrected chi connectivity index (χ0v) is 12.2. The van der Waals surface area contributed by atoms with Gasteiger partial charge in [-0.2, -0.15) is 17.7 Å². The van der Waals surface area contributed by atoms with Gasteiger partial charge in [-0.05, 0) is 38.7 Å². The topological polar surface area (TPSA) is 75.3 Å². The lowest BCUT2D eigenvalue weighted by Gasteiger charge is -2.36. The molecule has 0 radical (unpaired) electrons. The van der Waals surface area contributed by atoms with Crippen LogP contribution < -0.4 is 5.32 Å². The molecule has 1 saturated carbocycles. The van der Waals surface area contributed by atoms with Crippen molar-refractivity contribution in [3.8, 4) is 0 Å². The number of hydrogen-bond acceptors (Lipinski definition) is 5. The fraction of sp³-hybridized carbons (Fsp3) is 0.615. The number of alkyl halides is 3. The van der Waals surface area contributed by atoms with Crippen LogP contribution in [0.1, 0.15) is 36.2 Å². The molecule has 22 heavy (non-hydrogen) atoms. The molecule has 2 N–H and O–H groups in total. The quantitative estimate of drug-likeness (QED) is 0.907. The molecule has 0 saturated heterocycles. The van der Waals surface area contributed by atoms with E-state index in [0.29, 0.717) is 34.3 Å². The van der Waals surface area contributed by atoms with Crippen molar-refractivity contribution in [3.63, 3.8) is 0 Å². The van der Waals surface area contributed by atoms with E-state index in [1.165, 1.54) is 0 Å². The standard InChI is InChI=1S/C13H16F3N5O/c1-7-8(2)10-18-19-11(13(14,15)16)21(10)20-9(7)17-6-12(22)4-3-5-12/h22H,3-6H2,1-2H3,(H,17,20). The Hall–Kier alpha value is -1.90. The number of hydrogen-bond donors (Lipinski definition) is 2. The van der Waals surface area contributed by atoms with Crippen LogP contribution in [0.25, 0.3) is 5.65 Å². The van der Waals surface area contributed by atoms with E-state index < -0.39 is 17.6 Å². The second-order valence-electron chi connectivity index (χ2n) is 5.79. The predicted octanol–water partition coefficient (Wildman–Crippen LogP) is 2.09. The van der Waals surface area contributed by atoms with Crippen LogP contribution in [0.3, 0.4) is 0 Å². The maximum Gasteiger partial charge on any atom is 0.453 e. The van der Waals surface area contributed by atoms with E-state index in [1.807, 2.05) is 0 Å². The second-order valence-corrected chi connectivity index (χ2v) is 5.79. The molecule has 3 rings (SSSR count). The first-order valence-electron chi connectivity index (χ1n) is 6.97. The molecule has 2 aromatic rings. The molecule has 0 aromatic carbocycles. The fourth-order valence-electron chi connectivity index (χ4n) is 2.48. The van der Waals surface area contributed by atoms with Crippen molar-refractivity contribution < 1.29 is 18.3 Å². The van der Waals surface area contributed by atoms with E-state index in [4.69, 9.17) is 0 Å². The molecule has 0 spiro atoms. The summed E-state index contributed by atoms with van der Waals surface area (Å²) in [4.78, 5) is 0. The summed E-state index contributed by atoms with van der Waals surface area (Å²) in [7, 11) is 0. The van der Waals surface area contributed by atoms with Crippen LogP contribution in [-0.2, 0) is 6.18 Å². The first-order chi connectivity index (χ1) is 10.2. The smallest absolute Gasteiger partial charge is 0.388 e. The summed E-state index contributed by atoms with van der Waals surface area (Å²) in [5.74, 6) is -0.855. The number of aliphatic hydroxyl groups is 1. The van der Waals surface area contributed by atoms with Crippen molar-refractivity contribution >= 4 is 11.5 Å². The summed E-state index contributed by atoms with van der Waals surface area (Å²) in [5.41, 5.74) is 0.548. The molecule has 0 unspecified atom stereocenters. The van der Waals surface area contributed by atoms with Crippen LogP contribution in [0.2, 0.25) is 0 Å². The van der Waals surface area contributed by atoms with Crippen molar-refractivity contribution in [2.75, 3.05) is 11.9 Å². The van der Waals surface area contributed by atoms with Crippen LogP contribution in [0.15, 0.2) is 0 Å². The van der Waals surface area contributed by atoms with Gasteiger partial charge >= 0.3 is 6.18 Å². The van der Waals surface area contributed by atoms with Crippen molar-refractivity contribution in [1.29, 1.82) is 0 Å². The molecule has 0 bridgehead atoms. The molecular formula is C13H16F3N5O. The number of nitrogens with zero attached hydrogens (tertiary/aromatic N) is 4. The van der Waals surface area contributed by atoms with Crippen LogP contribution in [0.4, 0.5) is 19.0 Å². The number of fused-ring (bicyclic) bond motifs is 1. The SMILES string of the molecule is Cc1c(NCC2(O)CCC2)nn2c(C(F)(F)F)nnc2c1C. The fourth-order valence-corrected chi connectivity index (χ4v) is 2.48. The van der Waals surface area contributed by atoms with Crippen molar-refractivity contribution in [3.05, 3.63) is 17.0 Å². The second kappa shape index (κ2) is 4.80. The van der Waals surface area contributed by atoms with Crippen LogP contribution >= 0.6 is 0 Å². The Labute approximate surface area is 124 Å². The predicted molar refractivity (Wildman–Crippen MR) is 72.5 cm³/mol. The van der Waals surface area contributed by atoms with E-state index in [0.717, 1.165) is 6.42 Å². The first kappa shape index (κ1) is 15.0. The molecule has 2 aromatic heterocycles. The van der Waals surface area contributed by atoms with Gasteiger partial charge in [0.05, 0.1) is 5.60 Å². The number of rotatable bonds is 3. The summed E-state index contributed by atoms with van der Waals surface area (Å²) in [6.45, 7) is 3.68. The zero-order chi connectivity index (χ0) is 16.1. The lowest BCUT2D eigenvalue weighted by atomic mass is 9.80. The highest BCUT2D eigenvalue weighted by molar-refractivity contribution is 5.58. The molecule has 0 atom stereocenters. The van der Waals surface area contributed by atoms with Gasteiger partial charge in [-0.25, -0.2) is 0 Å². The Bertz CT molecular complexity index is 721. The third-order valence-corrected chi connectivity index (χ3v) is 4.22. The van der Waals surface area contributed by atoms with E-state index in [-0.39, 0.29) is 12.2 Å². The van der Waals surface area contributed by atoms with E-state index in [2.05, 4.69) is 20.6 Å². The maximum atomic E-state index is 12.9. The molecule has 2 heterocycles. The summed E-state index contributed by atoms with van der Waals surface area (Å²) < 4.78 is 39.5. The van der Waals surface area contributed by atoms with Crippen molar-refractivity contribution in [2.45, 2.75) is 44.9 Å². The first-order valence-corrected chi connectivity index (χ1v) is 6.97. The molecule has 6 nitrogen and oxygen atoms in total. The Kier molecular flexibility index (Phi) is 3.28. The minimum atomic E-state index is -4.63. The van der Waals surface area contributed by atoms with Gasteiger partial charge in [0.1, 0.15) is 5.82 Å². The maximum absolute atomic E-state index is 12.9. The average molecular weight is 315 g/mol. The Morgan fingerprint density at radius 2 is 1.91 bits per heavy atom. The Morgan fingerprint density at radius 1 is 1.23 bits per heavy atom. The van der Waals surface area contributed by atoms with Gasteiger partial charge in [0, 0.05) is 12.1 Å². The number of nitrogens with one attached hydrogen (secondary N) is 1. The molecule has 120 valence electrons. The average Bonchev–Trinajstić information content (AvgIpc) is 2.83. The molecule has 0 amide bonds. The molecule has 1 fully saturated rings. The van der Waals surface area contributed by atoms with Gasteiger partial charge in [-0.15, -0.1) is 15.3 Å². The minimum Gasteiger partial charge on any atom is -0.388 e. The molecular weight excluding hydrogens is 299 g/mol. The Balaban J connectivity index is 2.00. The lowest BCUT2D eigenvalue weighted by Crippen LogP contribution is -2.43. The van der Waals surface area contributed by atoms with E-state index in [1.54, 1.807) is 13.8 Å². The number of aryl methyl sites for hydroxylation is 1. The largest absolute Gasteiger partial charge is 0.453 e. The molecule has 0 aliphatic heterocycles. The van der Waals surface area contributed by atoms with Gasteiger partial charge in [-0.1, -0.05) is 0 Å². The highest BCUT2D eigenvalue weighted by atomic mass is 19.4. The number of halogens is 3. The summed E-state index contributed by atoms with van der Waals surface area (Å²) in [5, 5.41) is 23.8. The van der Waals surface area contributed by atoms with E-state index >= 15 is 0 Å². The Morgan fingerprint density at radius 3 is 2.45 bits per heavy atom. The van der Waals surface area contributed by atoms with E-state index in [9.17, 15) is 18.3 Å². The van der Waals surface area contributed by atoms with Crippen LogP contribution in [0, 0.1) is 13.8 Å². The monoisotopic (exact) mass is 315 g/mol. The number of anilines is 1. The lowest BCUT2D eigenvalue weighted by molar-refractivity contribution is -0.146. The van der Waals surface area contributed by atoms with Crippen molar-refractivity contribution in [1.82, 2.24) is 19.8 Å². The summed E-state index contributed by atoms with van der Waals surface area (Å²) in [6.07, 6.45) is -2.31. The summed E-state index contributed by atoms with van der Waals surface area (Å²) in [6, 6.07) is 0. The van der Waals surface area contributed by atoms with Crippen LogP contribution in [-0.4, -0.2) is 37.1 Å². The normalized spacial score (nSPS) is 17.5. The van der Waals surface area contributed by atoms with Gasteiger partial charge in [0.15, 0.2) is 5.65 Å². The van der Waals surface area contributed by atoms with Gasteiger partial charge < -0.3 is 10.4 Å². The molecule has 1 aliphatic carbocycles. The molecule has 1 aliphatic rings. The van der Waals surface area contributed by atoms with Gasteiger partial charge in [0.2, 0.25) is 0 Å². The molecule has 9 heteroatoms. The highest BCUT2D eigenvalue weighted by Gasteiger charge is 2.38.